The molecule has 2 aliphatic rings. The first-order valence-corrected chi connectivity index (χ1v) is 12.2. The van der Waals surface area contributed by atoms with Gasteiger partial charge in [-0.3, -0.25) is 9.50 Å². The molecule has 36 heavy (non-hydrogen) atoms. The average molecular weight is 489 g/mol. The second-order valence-corrected chi connectivity index (χ2v) is 10.0. The topological polar surface area (TPSA) is 101 Å². The van der Waals surface area contributed by atoms with E-state index in [1.54, 1.807) is 43.4 Å². The van der Waals surface area contributed by atoms with Gasteiger partial charge in [0, 0.05) is 51.0 Å². The summed E-state index contributed by atoms with van der Waals surface area (Å²) in [5.41, 5.74) is 9.13. The average Bonchev–Trinajstić information content (AvgIpc) is 3.58. The highest BCUT2D eigenvalue weighted by atomic mass is 19.1. The number of hydrogen-bond acceptors (Lipinski definition) is 7. The minimum Gasteiger partial charge on any atom is -0.376 e. The van der Waals surface area contributed by atoms with Crippen molar-refractivity contribution in [2.45, 2.75) is 31.9 Å². The predicted octanol–water partition coefficient (Wildman–Crippen LogP) is 2.54. The molecule has 0 unspecified atom stereocenters. The minimum atomic E-state index is -0.356. The van der Waals surface area contributed by atoms with Crippen molar-refractivity contribution in [3.63, 3.8) is 0 Å². The first kappa shape index (κ1) is 22.8. The molecule has 6 rings (SSSR count). The molecule has 0 radical (unpaired) electrons. The molecule has 3 aromatic heterocycles. The lowest BCUT2D eigenvalue weighted by atomic mass is 9.73. The van der Waals surface area contributed by atoms with Crippen LogP contribution in [0.3, 0.4) is 0 Å². The highest BCUT2D eigenvalue weighted by Crippen LogP contribution is 2.42. The van der Waals surface area contributed by atoms with E-state index in [4.69, 9.17) is 15.5 Å². The summed E-state index contributed by atoms with van der Waals surface area (Å²) in [6.07, 6.45) is 5.64. The molecule has 9 nitrogen and oxygen atoms in total. The van der Waals surface area contributed by atoms with Crippen molar-refractivity contribution < 1.29 is 9.13 Å². The molecule has 4 aromatic rings. The number of anilines is 2. The molecule has 2 atom stereocenters. The first-order chi connectivity index (χ1) is 17.4. The van der Waals surface area contributed by atoms with E-state index in [9.17, 15) is 4.39 Å². The number of ether oxygens (including phenoxy) is 1. The molecule has 2 fully saturated rings. The summed E-state index contributed by atoms with van der Waals surface area (Å²) in [4.78, 5) is 13.5. The van der Waals surface area contributed by atoms with Gasteiger partial charge in [0.15, 0.2) is 17.1 Å². The summed E-state index contributed by atoms with van der Waals surface area (Å²) in [6.45, 7) is 4.44. The number of nitrogens with zero attached hydrogens (tertiary/aromatic N) is 6. The van der Waals surface area contributed by atoms with E-state index < -0.39 is 0 Å². The number of halogens is 1. The first-order valence-electron chi connectivity index (χ1n) is 12.2. The Morgan fingerprint density at radius 3 is 2.78 bits per heavy atom. The number of rotatable bonds is 2. The Bertz CT molecular complexity index is 1500. The Morgan fingerprint density at radius 1 is 1.25 bits per heavy atom. The van der Waals surface area contributed by atoms with E-state index in [1.165, 1.54) is 0 Å². The maximum Gasteiger partial charge on any atom is 0.213 e. The van der Waals surface area contributed by atoms with E-state index in [-0.39, 0.29) is 23.4 Å². The van der Waals surface area contributed by atoms with Gasteiger partial charge >= 0.3 is 0 Å². The number of piperidine rings is 1. The van der Waals surface area contributed by atoms with Crippen LogP contribution in [0.25, 0.3) is 16.7 Å². The molecule has 0 aliphatic carbocycles. The van der Waals surface area contributed by atoms with Crippen LogP contribution in [-0.4, -0.2) is 70.5 Å². The molecule has 0 bridgehead atoms. The minimum absolute atomic E-state index is 0.0317. The zero-order chi connectivity index (χ0) is 25.0. The summed E-state index contributed by atoms with van der Waals surface area (Å²) in [5, 5.41) is 8.11. The Labute approximate surface area is 208 Å². The van der Waals surface area contributed by atoms with Gasteiger partial charge in [-0.25, -0.2) is 9.37 Å². The largest absolute Gasteiger partial charge is 0.376 e. The maximum absolute atomic E-state index is 14.9. The Kier molecular flexibility index (Phi) is 5.35. The van der Waals surface area contributed by atoms with Crippen molar-refractivity contribution >= 4 is 28.3 Å². The highest BCUT2D eigenvalue weighted by Gasteiger charge is 2.47. The summed E-state index contributed by atoms with van der Waals surface area (Å²) >= 11 is 0. The summed E-state index contributed by atoms with van der Waals surface area (Å²) in [7, 11) is 3.60. The third-order valence-electron chi connectivity index (χ3n) is 7.70. The fraction of sp³-hybridized carbons (Fsp3) is 0.423. The second kappa shape index (κ2) is 8.47. The molecule has 0 amide bonds. The van der Waals surface area contributed by atoms with Gasteiger partial charge in [-0.2, -0.15) is 10.1 Å². The predicted molar refractivity (Wildman–Crippen MR) is 137 cm³/mol. The Morgan fingerprint density at radius 2 is 2.06 bits per heavy atom. The third kappa shape index (κ3) is 3.50. The van der Waals surface area contributed by atoms with Crippen LogP contribution in [-0.2, 0) is 4.74 Å². The van der Waals surface area contributed by atoms with Crippen molar-refractivity contribution in [2.24, 2.45) is 11.1 Å². The van der Waals surface area contributed by atoms with Crippen LogP contribution < -0.4 is 15.5 Å². The van der Waals surface area contributed by atoms with Gasteiger partial charge in [-0.15, -0.1) is 0 Å². The van der Waals surface area contributed by atoms with Gasteiger partial charge in [0.2, 0.25) is 5.95 Å². The molecule has 3 N–H and O–H groups in total. The SMILES string of the molecule is C[C@@H]1OCC2(CCN(c3nc4[nH]nc(C#Cc5cccc(N(C)C)c5F)c4c4nccn34)CC2)[C@@H]1N. The van der Waals surface area contributed by atoms with Crippen molar-refractivity contribution in [3.8, 4) is 11.8 Å². The Balaban J connectivity index is 1.34. The van der Waals surface area contributed by atoms with Crippen LogP contribution in [0.5, 0.6) is 0 Å². The van der Waals surface area contributed by atoms with E-state index in [1.807, 2.05) is 10.6 Å². The number of aromatic nitrogens is 5. The lowest BCUT2D eigenvalue weighted by Crippen LogP contribution is -2.51. The molecule has 0 saturated carbocycles. The van der Waals surface area contributed by atoms with Gasteiger partial charge in [0.05, 0.1) is 29.3 Å². The van der Waals surface area contributed by atoms with Crippen LogP contribution in [0.2, 0.25) is 0 Å². The van der Waals surface area contributed by atoms with Crippen molar-refractivity contribution in [1.82, 2.24) is 24.6 Å². The van der Waals surface area contributed by atoms with Gasteiger partial charge in [0.1, 0.15) is 5.69 Å². The quantitative estimate of drug-likeness (QED) is 0.418. The lowest BCUT2D eigenvalue weighted by molar-refractivity contribution is 0.0973. The van der Waals surface area contributed by atoms with Crippen molar-refractivity contribution in [1.29, 1.82) is 0 Å². The lowest BCUT2D eigenvalue weighted by Gasteiger charge is -2.41. The maximum atomic E-state index is 14.9. The molecule has 5 heterocycles. The van der Waals surface area contributed by atoms with Gasteiger partial charge in [-0.05, 0) is 37.8 Å². The zero-order valence-corrected chi connectivity index (χ0v) is 20.6. The summed E-state index contributed by atoms with van der Waals surface area (Å²) < 4.78 is 22.7. The van der Waals surface area contributed by atoms with Crippen LogP contribution >= 0.6 is 0 Å². The molecule has 2 saturated heterocycles. The third-order valence-corrected chi connectivity index (χ3v) is 7.70. The normalized spacial score (nSPS) is 21.3. The molecule has 186 valence electrons. The fourth-order valence-electron chi connectivity index (χ4n) is 5.46. The second-order valence-electron chi connectivity index (χ2n) is 10.0. The van der Waals surface area contributed by atoms with Crippen molar-refractivity contribution in [2.75, 3.05) is 43.6 Å². The number of imidazole rings is 1. The summed E-state index contributed by atoms with van der Waals surface area (Å²) in [6, 6.07) is 5.23. The number of hydrogen-bond donors (Lipinski definition) is 2. The van der Waals surface area contributed by atoms with E-state index in [2.05, 4.69) is 38.8 Å². The molecular weight excluding hydrogens is 459 g/mol. The molecule has 10 heteroatoms. The van der Waals surface area contributed by atoms with Gasteiger partial charge in [-0.1, -0.05) is 12.0 Å². The van der Waals surface area contributed by atoms with Crippen molar-refractivity contribution in [3.05, 3.63) is 47.7 Å². The summed E-state index contributed by atoms with van der Waals surface area (Å²) in [5.74, 6) is 6.42. The monoisotopic (exact) mass is 488 g/mol. The molecule has 1 aromatic carbocycles. The number of nitrogens with one attached hydrogen (secondary N) is 1. The van der Waals surface area contributed by atoms with Crippen LogP contribution in [0, 0.1) is 23.1 Å². The van der Waals surface area contributed by atoms with Crippen LogP contribution in [0.15, 0.2) is 30.6 Å². The number of benzene rings is 1. The van der Waals surface area contributed by atoms with E-state index in [0.29, 0.717) is 33.6 Å². The van der Waals surface area contributed by atoms with E-state index in [0.717, 1.165) is 38.5 Å². The standard InChI is InChI=1S/C26H29FN8O/c1-16-22(28)26(15-36-16)9-12-34(13-10-26)25-30-23-20(24-29-11-14-35(24)25)18(31-32-23)8-7-17-5-4-6-19(21(17)27)33(2)3/h4-6,11,14,16,22H,9-10,12-13,15,28H2,1-3H3,(H,31,32)/t16-,22+/m0/s1. The van der Waals surface area contributed by atoms with Crippen LogP contribution in [0.1, 0.15) is 31.0 Å². The zero-order valence-electron chi connectivity index (χ0n) is 20.6. The fourth-order valence-corrected chi connectivity index (χ4v) is 5.46. The Hall–Kier alpha value is -3.68. The van der Waals surface area contributed by atoms with Gasteiger partial charge in [0.25, 0.3) is 0 Å². The number of nitrogens with two attached hydrogens (primary N) is 1. The number of aromatic amines is 1. The number of H-pyrrole nitrogens is 1. The van der Waals surface area contributed by atoms with Crippen LogP contribution in [0.4, 0.5) is 16.0 Å². The molecule has 2 aliphatic heterocycles. The highest BCUT2D eigenvalue weighted by molar-refractivity contribution is 5.94. The molecule has 1 spiro atoms. The molecular formula is C26H29FN8O. The van der Waals surface area contributed by atoms with Gasteiger partial charge < -0.3 is 20.3 Å². The van der Waals surface area contributed by atoms with E-state index >= 15 is 0 Å². The smallest absolute Gasteiger partial charge is 0.213 e. The number of fused-ring (bicyclic) bond motifs is 3.